The van der Waals surface area contributed by atoms with Gasteiger partial charge in [0.15, 0.2) is 0 Å². The van der Waals surface area contributed by atoms with Crippen LogP contribution in [0.5, 0.6) is 5.75 Å². The first-order valence-corrected chi connectivity index (χ1v) is 7.16. The molecular formula is C16H26N2O2. The van der Waals surface area contributed by atoms with Crippen LogP contribution in [-0.4, -0.2) is 43.1 Å². The fraction of sp³-hybridized carbons (Fsp3) is 0.562. The summed E-state index contributed by atoms with van der Waals surface area (Å²) in [7, 11) is 1.84. The lowest BCUT2D eigenvalue weighted by molar-refractivity contribution is -0.135. The third-order valence-electron chi connectivity index (χ3n) is 3.15. The minimum atomic E-state index is -0.510. The van der Waals surface area contributed by atoms with Crippen LogP contribution in [0.25, 0.3) is 0 Å². The van der Waals surface area contributed by atoms with Crippen LogP contribution in [0.15, 0.2) is 30.3 Å². The number of ether oxygens (including phenoxy) is 1. The van der Waals surface area contributed by atoms with Gasteiger partial charge in [-0.2, -0.15) is 0 Å². The number of carbonyl (C=O) groups excluding carboxylic acids is 1. The van der Waals surface area contributed by atoms with Crippen LogP contribution < -0.4 is 10.1 Å². The second-order valence-electron chi connectivity index (χ2n) is 5.40. The molecule has 1 aromatic rings. The summed E-state index contributed by atoms with van der Waals surface area (Å²) in [6.07, 6.45) is 0.819. The molecule has 0 fully saturated rings. The van der Waals surface area contributed by atoms with Crippen LogP contribution >= 0.6 is 0 Å². The lowest BCUT2D eigenvalue weighted by Crippen LogP contribution is -2.53. The van der Waals surface area contributed by atoms with Gasteiger partial charge in [0.2, 0.25) is 5.91 Å². The highest BCUT2D eigenvalue weighted by atomic mass is 16.5. The summed E-state index contributed by atoms with van der Waals surface area (Å²) in [6.45, 7) is 7.92. The normalized spacial score (nSPS) is 11.2. The largest absolute Gasteiger partial charge is 0.494 e. The van der Waals surface area contributed by atoms with Gasteiger partial charge in [-0.05, 0) is 38.9 Å². The van der Waals surface area contributed by atoms with Crippen molar-refractivity contribution in [1.29, 1.82) is 0 Å². The average Bonchev–Trinajstić information content (AvgIpc) is 2.43. The van der Waals surface area contributed by atoms with Gasteiger partial charge in [0.05, 0.1) is 12.1 Å². The van der Waals surface area contributed by atoms with Gasteiger partial charge in [0, 0.05) is 13.6 Å². The first-order chi connectivity index (χ1) is 9.47. The van der Waals surface area contributed by atoms with Crippen LogP contribution in [-0.2, 0) is 4.79 Å². The van der Waals surface area contributed by atoms with Gasteiger partial charge in [-0.3, -0.25) is 4.79 Å². The van der Waals surface area contributed by atoms with E-state index in [1.807, 2.05) is 58.2 Å². The molecule has 20 heavy (non-hydrogen) atoms. The molecule has 112 valence electrons. The van der Waals surface area contributed by atoms with Crippen molar-refractivity contribution in [2.75, 3.05) is 26.7 Å². The Hall–Kier alpha value is -1.55. The highest BCUT2D eigenvalue weighted by Gasteiger charge is 2.28. The molecule has 0 atom stereocenters. The number of nitrogens with one attached hydrogen (secondary N) is 1. The van der Waals surface area contributed by atoms with Crippen molar-refractivity contribution in [3.63, 3.8) is 0 Å². The summed E-state index contributed by atoms with van der Waals surface area (Å²) in [6, 6.07) is 9.72. The molecule has 0 aromatic heterocycles. The van der Waals surface area contributed by atoms with Crippen molar-refractivity contribution in [3.05, 3.63) is 30.3 Å². The van der Waals surface area contributed by atoms with E-state index in [1.54, 1.807) is 4.90 Å². The van der Waals surface area contributed by atoms with Crippen LogP contribution in [0.4, 0.5) is 0 Å². The van der Waals surface area contributed by atoms with Crippen molar-refractivity contribution < 1.29 is 9.53 Å². The number of para-hydroxylation sites is 1. The molecule has 0 saturated carbocycles. The standard InChI is InChI=1S/C16H26N2O2/c1-5-17-16(2,3)15(19)18(4)12-9-13-20-14-10-7-6-8-11-14/h6-8,10-11,17H,5,9,12-13H2,1-4H3. The van der Waals surface area contributed by atoms with E-state index >= 15 is 0 Å². The number of nitrogens with zero attached hydrogens (tertiary/aromatic N) is 1. The number of hydrogen-bond donors (Lipinski definition) is 1. The maximum absolute atomic E-state index is 12.2. The summed E-state index contributed by atoms with van der Waals surface area (Å²) in [4.78, 5) is 14.0. The Morgan fingerprint density at radius 1 is 1.30 bits per heavy atom. The number of carbonyl (C=O) groups is 1. The maximum Gasteiger partial charge on any atom is 0.242 e. The molecule has 1 rings (SSSR count). The second kappa shape index (κ2) is 7.90. The van der Waals surface area contributed by atoms with Crippen molar-refractivity contribution in [2.24, 2.45) is 0 Å². The van der Waals surface area contributed by atoms with Crippen LogP contribution in [0.3, 0.4) is 0 Å². The zero-order valence-corrected chi connectivity index (χ0v) is 13.0. The van der Waals surface area contributed by atoms with Crippen LogP contribution in [0.1, 0.15) is 27.2 Å². The molecule has 0 radical (unpaired) electrons. The molecule has 0 saturated heterocycles. The zero-order valence-electron chi connectivity index (χ0n) is 13.0. The van der Waals surface area contributed by atoms with E-state index in [2.05, 4.69) is 5.32 Å². The quantitative estimate of drug-likeness (QED) is 0.742. The molecule has 1 amide bonds. The third-order valence-corrected chi connectivity index (χ3v) is 3.15. The number of hydrogen-bond acceptors (Lipinski definition) is 3. The summed E-state index contributed by atoms with van der Waals surface area (Å²) in [5.74, 6) is 0.980. The number of likely N-dealkylation sites (N-methyl/N-ethyl adjacent to an activating group) is 2. The summed E-state index contributed by atoms with van der Waals surface area (Å²) in [5, 5.41) is 3.20. The highest BCUT2D eigenvalue weighted by molar-refractivity contribution is 5.85. The van der Waals surface area contributed by atoms with Crippen LogP contribution in [0.2, 0.25) is 0 Å². The lowest BCUT2D eigenvalue weighted by atomic mass is 10.0. The second-order valence-corrected chi connectivity index (χ2v) is 5.40. The minimum absolute atomic E-state index is 0.110. The summed E-state index contributed by atoms with van der Waals surface area (Å²) >= 11 is 0. The molecule has 0 spiro atoms. The lowest BCUT2D eigenvalue weighted by Gasteiger charge is -2.30. The molecule has 1 aromatic carbocycles. The summed E-state index contributed by atoms with van der Waals surface area (Å²) < 4.78 is 5.62. The Bertz CT molecular complexity index is 404. The predicted octanol–water partition coefficient (Wildman–Crippen LogP) is 2.30. The van der Waals surface area contributed by atoms with Gasteiger partial charge in [-0.15, -0.1) is 0 Å². The molecular weight excluding hydrogens is 252 g/mol. The molecule has 4 nitrogen and oxygen atoms in total. The molecule has 0 bridgehead atoms. The number of amides is 1. The van der Waals surface area contributed by atoms with E-state index < -0.39 is 5.54 Å². The predicted molar refractivity (Wildman–Crippen MR) is 81.9 cm³/mol. The summed E-state index contributed by atoms with van der Waals surface area (Å²) in [5.41, 5.74) is -0.510. The van der Waals surface area contributed by atoms with E-state index in [9.17, 15) is 4.79 Å². The molecule has 4 heteroatoms. The minimum Gasteiger partial charge on any atom is -0.494 e. The topological polar surface area (TPSA) is 41.6 Å². The first-order valence-electron chi connectivity index (χ1n) is 7.16. The Morgan fingerprint density at radius 2 is 1.95 bits per heavy atom. The fourth-order valence-electron chi connectivity index (χ4n) is 2.10. The van der Waals surface area contributed by atoms with Crippen molar-refractivity contribution in [2.45, 2.75) is 32.7 Å². The molecule has 0 aliphatic rings. The van der Waals surface area contributed by atoms with Gasteiger partial charge in [0.1, 0.15) is 5.75 Å². The molecule has 1 N–H and O–H groups in total. The van der Waals surface area contributed by atoms with Crippen molar-refractivity contribution >= 4 is 5.91 Å². The van der Waals surface area contributed by atoms with E-state index in [-0.39, 0.29) is 5.91 Å². The Morgan fingerprint density at radius 3 is 2.55 bits per heavy atom. The first kappa shape index (κ1) is 16.5. The zero-order chi connectivity index (χ0) is 15.0. The van der Waals surface area contributed by atoms with Crippen molar-refractivity contribution in [1.82, 2.24) is 10.2 Å². The van der Waals surface area contributed by atoms with Gasteiger partial charge in [-0.1, -0.05) is 25.1 Å². The molecule has 0 aliphatic carbocycles. The third kappa shape index (κ3) is 5.21. The Labute approximate surface area is 122 Å². The van der Waals surface area contributed by atoms with Gasteiger partial charge in [-0.25, -0.2) is 0 Å². The monoisotopic (exact) mass is 278 g/mol. The van der Waals surface area contributed by atoms with Gasteiger partial charge < -0.3 is 15.0 Å². The Kier molecular flexibility index (Phi) is 6.52. The number of rotatable bonds is 8. The van der Waals surface area contributed by atoms with Gasteiger partial charge in [0.25, 0.3) is 0 Å². The van der Waals surface area contributed by atoms with E-state index in [0.717, 1.165) is 18.7 Å². The van der Waals surface area contributed by atoms with Crippen molar-refractivity contribution in [3.8, 4) is 5.75 Å². The SMILES string of the molecule is CCNC(C)(C)C(=O)N(C)CCCOc1ccccc1. The molecule has 0 unspecified atom stereocenters. The molecule has 0 heterocycles. The van der Waals surface area contributed by atoms with Gasteiger partial charge >= 0.3 is 0 Å². The smallest absolute Gasteiger partial charge is 0.242 e. The molecule has 0 aliphatic heterocycles. The Balaban J connectivity index is 2.29. The van der Waals surface area contributed by atoms with E-state index in [1.165, 1.54) is 0 Å². The highest BCUT2D eigenvalue weighted by Crippen LogP contribution is 2.10. The van der Waals surface area contributed by atoms with E-state index in [0.29, 0.717) is 13.2 Å². The van der Waals surface area contributed by atoms with E-state index in [4.69, 9.17) is 4.74 Å². The maximum atomic E-state index is 12.2. The van der Waals surface area contributed by atoms with Crippen LogP contribution in [0, 0.1) is 0 Å². The number of benzene rings is 1. The average molecular weight is 278 g/mol. The fourth-order valence-corrected chi connectivity index (χ4v) is 2.10.